The molecule has 2 amide bonds. The number of carbonyl (C=O) groups excluding carboxylic acids is 2. The Hall–Kier alpha value is -3.58. The molecule has 2 aromatic heterocycles. The Labute approximate surface area is 187 Å². The molecule has 0 saturated carbocycles. The first kappa shape index (κ1) is 21.6. The van der Waals surface area contributed by atoms with Gasteiger partial charge in [0, 0.05) is 43.3 Å². The molecule has 0 bridgehead atoms. The van der Waals surface area contributed by atoms with Gasteiger partial charge in [-0.2, -0.15) is 0 Å². The number of hydrogen-bond acceptors (Lipinski definition) is 5. The van der Waals surface area contributed by atoms with Crippen LogP contribution in [0.2, 0.25) is 0 Å². The van der Waals surface area contributed by atoms with Gasteiger partial charge >= 0.3 is 0 Å². The van der Waals surface area contributed by atoms with E-state index in [0.717, 1.165) is 11.3 Å². The molecule has 0 aliphatic carbocycles. The summed E-state index contributed by atoms with van der Waals surface area (Å²) in [4.78, 5) is 36.7. The maximum Gasteiger partial charge on any atom is 0.254 e. The standard InChI is InChI=1S/C25H26N4O3/c30-23(16-21-10-4-6-12-26-21)29-14-15-32-25(19-29,17-22-11-5-7-13-27-22)24(31)28-18-20-8-2-1-3-9-20/h1-13H,14-19H2,(H,28,31)/t25-/m1/s1. The number of nitrogens with one attached hydrogen (secondary N) is 1. The Morgan fingerprint density at radius 2 is 1.62 bits per heavy atom. The van der Waals surface area contributed by atoms with Crippen molar-refractivity contribution in [2.75, 3.05) is 19.7 Å². The molecule has 1 aromatic carbocycles. The quantitative estimate of drug-likeness (QED) is 0.621. The van der Waals surface area contributed by atoms with Gasteiger partial charge in [-0.1, -0.05) is 42.5 Å². The largest absolute Gasteiger partial charge is 0.361 e. The number of ether oxygens (including phenoxy) is 1. The molecular formula is C25H26N4O3. The molecule has 4 rings (SSSR count). The maximum atomic E-state index is 13.4. The van der Waals surface area contributed by atoms with Crippen LogP contribution in [0.5, 0.6) is 0 Å². The minimum atomic E-state index is -1.21. The number of morpholine rings is 1. The van der Waals surface area contributed by atoms with Crippen molar-refractivity contribution in [3.05, 3.63) is 96.1 Å². The number of amides is 2. The topological polar surface area (TPSA) is 84.4 Å². The lowest BCUT2D eigenvalue weighted by atomic mass is 9.93. The minimum absolute atomic E-state index is 0.0757. The van der Waals surface area contributed by atoms with Crippen LogP contribution in [0.1, 0.15) is 17.0 Å². The van der Waals surface area contributed by atoms with Crippen molar-refractivity contribution in [3.63, 3.8) is 0 Å². The Kier molecular flexibility index (Phi) is 6.87. The highest BCUT2D eigenvalue weighted by Gasteiger charge is 2.45. The van der Waals surface area contributed by atoms with Crippen LogP contribution in [0.25, 0.3) is 0 Å². The second-order valence-corrected chi connectivity index (χ2v) is 7.82. The van der Waals surface area contributed by atoms with Crippen molar-refractivity contribution < 1.29 is 14.3 Å². The molecule has 0 radical (unpaired) electrons. The summed E-state index contributed by atoms with van der Waals surface area (Å²) in [6, 6.07) is 20.8. The number of hydrogen-bond donors (Lipinski definition) is 1. The lowest BCUT2D eigenvalue weighted by molar-refractivity contribution is -0.166. The number of carbonyl (C=O) groups is 2. The van der Waals surface area contributed by atoms with Crippen LogP contribution in [-0.2, 0) is 33.7 Å². The first-order chi connectivity index (χ1) is 15.6. The fourth-order valence-electron chi connectivity index (χ4n) is 3.83. The molecule has 32 heavy (non-hydrogen) atoms. The molecular weight excluding hydrogens is 404 g/mol. The number of aromatic nitrogens is 2. The SMILES string of the molecule is O=C(Cc1ccccn1)N1CCO[C@@](Cc2ccccn2)(C(=O)NCc2ccccc2)C1. The van der Waals surface area contributed by atoms with Crippen molar-refractivity contribution in [2.24, 2.45) is 0 Å². The van der Waals surface area contributed by atoms with E-state index in [2.05, 4.69) is 15.3 Å². The normalized spacial score (nSPS) is 18.2. The highest BCUT2D eigenvalue weighted by Crippen LogP contribution is 2.24. The predicted molar refractivity (Wildman–Crippen MR) is 119 cm³/mol. The van der Waals surface area contributed by atoms with Gasteiger partial charge in [-0.25, -0.2) is 0 Å². The van der Waals surface area contributed by atoms with Crippen LogP contribution in [-0.4, -0.2) is 52.0 Å². The first-order valence-electron chi connectivity index (χ1n) is 10.7. The summed E-state index contributed by atoms with van der Waals surface area (Å²) in [5, 5.41) is 3.00. The lowest BCUT2D eigenvalue weighted by Gasteiger charge is -2.41. The van der Waals surface area contributed by atoms with E-state index in [4.69, 9.17) is 4.74 Å². The summed E-state index contributed by atoms with van der Waals surface area (Å²) in [6.45, 7) is 1.26. The third kappa shape index (κ3) is 5.36. The monoisotopic (exact) mass is 430 g/mol. The zero-order chi connectivity index (χ0) is 22.2. The van der Waals surface area contributed by atoms with Gasteiger partial charge in [0.15, 0.2) is 5.60 Å². The molecule has 3 aromatic rings. The smallest absolute Gasteiger partial charge is 0.254 e. The van der Waals surface area contributed by atoms with Crippen LogP contribution >= 0.6 is 0 Å². The Morgan fingerprint density at radius 3 is 2.31 bits per heavy atom. The molecule has 1 aliphatic rings. The van der Waals surface area contributed by atoms with Gasteiger partial charge in [0.05, 0.1) is 19.6 Å². The molecule has 3 heterocycles. The summed E-state index contributed by atoms with van der Waals surface area (Å²) >= 11 is 0. The predicted octanol–water partition coefficient (Wildman–Crippen LogP) is 2.18. The van der Waals surface area contributed by atoms with Crippen LogP contribution in [0.15, 0.2) is 79.1 Å². The Bertz CT molecular complexity index is 1030. The summed E-state index contributed by atoms with van der Waals surface area (Å²) in [5.74, 6) is -0.324. The molecule has 1 atom stereocenters. The summed E-state index contributed by atoms with van der Waals surface area (Å²) in [6.07, 6.45) is 3.83. The highest BCUT2D eigenvalue weighted by atomic mass is 16.5. The molecule has 7 nitrogen and oxygen atoms in total. The molecule has 7 heteroatoms. The molecule has 1 aliphatic heterocycles. The van der Waals surface area contributed by atoms with E-state index in [9.17, 15) is 9.59 Å². The van der Waals surface area contributed by atoms with Crippen molar-refractivity contribution >= 4 is 11.8 Å². The summed E-state index contributed by atoms with van der Waals surface area (Å²) in [5.41, 5.74) is 1.23. The highest BCUT2D eigenvalue weighted by molar-refractivity contribution is 5.87. The zero-order valence-electron chi connectivity index (χ0n) is 17.8. The van der Waals surface area contributed by atoms with E-state index < -0.39 is 5.60 Å². The van der Waals surface area contributed by atoms with Crippen molar-refractivity contribution in [2.45, 2.75) is 25.0 Å². The third-order valence-electron chi connectivity index (χ3n) is 5.50. The van der Waals surface area contributed by atoms with Crippen LogP contribution in [0.4, 0.5) is 0 Å². The lowest BCUT2D eigenvalue weighted by Crippen LogP contribution is -2.62. The van der Waals surface area contributed by atoms with Gasteiger partial charge in [0.25, 0.3) is 5.91 Å². The average Bonchev–Trinajstić information content (AvgIpc) is 2.84. The van der Waals surface area contributed by atoms with Crippen molar-refractivity contribution in [1.82, 2.24) is 20.2 Å². The maximum absolute atomic E-state index is 13.4. The van der Waals surface area contributed by atoms with Crippen LogP contribution in [0.3, 0.4) is 0 Å². The van der Waals surface area contributed by atoms with Crippen LogP contribution in [0, 0.1) is 0 Å². The van der Waals surface area contributed by atoms with Gasteiger partial charge in [0.1, 0.15) is 0 Å². The Morgan fingerprint density at radius 1 is 0.938 bits per heavy atom. The fraction of sp³-hybridized carbons (Fsp3) is 0.280. The second-order valence-electron chi connectivity index (χ2n) is 7.82. The number of rotatable bonds is 7. The van der Waals surface area contributed by atoms with E-state index in [-0.39, 0.29) is 37.8 Å². The first-order valence-corrected chi connectivity index (χ1v) is 10.7. The van der Waals surface area contributed by atoms with E-state index in [0.29, 0.717) is 18.8 Å². The molecule has 0 spiro atoms. The molecule has 1 fully saturated rings. The van der Waals surface area contributed by atoms with Gasteiger partial charge in [-0.15, -0.1) is 0 Å². The van der Waals surface area contributed by atoms with Crippen molar-refractivity contribution in [3.8, 4) is 0 Å². The number of benzene rings is 1. The Balaban J connectivity index is 1.52. The third-order valence-corrected chi connectivity index (χ3v) is 5.50. The molecule has 164 valence electrons. The van der Waals surface area contributed by atoms with E-state index in [1.165, 1.54) is 0 Å². The second kappa shape index (κ2) is 10.2. The van der Waals surface area contributed by atoms with Gasteiger partial charge in [0.2, 0.25) is 5.91 Å². The molecule has 1 saturated heterocycles. The summed E-state index contributed by atoms with van der Waals surface area (Å²) in [7, 11) is 0. The minimum Gasteiger partial charge on any atom is -0.361 e. The van der Waals surface area contributed by atoms with E-state index in [1.807, 2.05) is 66.7 Å². The van der Waals surface area contributed by atoms with Crippen LogP contribution < -0.4 is 5.32 Å². The van der Waals surface area contributed by atoms with E-state index in [1.54, 1.807) is 17.3 Å². The molecule has 1 N–H and O–H groups in total. The van der Waals surface area contributed by atoms with E-state index >= 15 is 0 Å². The van der Waals surface area contributed by atoms with Gasteiger partial charge in [-0.3, -0.25) is 19.6 Å². The zero-order valence-corrected chi connectivity index (χ0v) is 17.8. The number of pyridine rings is 2. The van der Waals surface area contributed by atoms with Crippen molar-refractivity contribution in [1.29, 1.82) is 0 Å². The number of nitrogens with zero attached hydrogens (tertiary/aromatic N) is 3. The van der Waals surface area contributed by atoms with Gasteiger partial charge < -0.3 is 15.0 Å². The van der Waals surface area contributed by atoms with Gasteiger partial charge in [-0.05, 0) is 29.8 Å². The molecule has 0 unspecified atom stereocenters. The fourth-order valence-corrected chi connectivity index (χ4v) is 3.83. The summed E-state index contributed by atoms with van der Waals surface area (Å²) < 4.78 is 6.09. The average molecular weight is 431 g/mol.